The van der Waals surface area contributed by atoms with E-state index < -0.39 is 6.10 Å². The van der Waals surface area contributed by atoms with Gasteiger partial charge in [0.25, 0.3) is 5.91 Å². The summed E-state index contributed by atoms with van der Waals surface area (Å²) in [5.41, 5.74) is 0.313. The van der Waals surface area contributed by atoms with Crippen molar-refractivity contribution in [3.8, 4) is 0 Å². The lowest BCUT2D eigenvalue weighted by Gasteiger charge is -2.56. The molecule has 0 spiro atoms. The van der Waals surface area contributed by atoms with Crippen molar-refractivity contribution >= 4 is 11.8 Å². The number of ether oxygens (including phenoxy) is 1. The quantitative estimate of drug-likeness (QED) is 0.533. The summed E-state index contributed by atoms with van der Waals surface area (Å²) < 4.78 is 5.38. The molecular weight excluding hydrogens is 446 g/mol. The molecule has 0 radical (unpaired) electrons. The van der Waals surface area contributed by atoms with Crippen LogP contribution in [0.25, 0.3) is 0 Å². The molecule has 3 fully saturated rings. The van der Waals surface area contributed by atoms with Gasteiger partial charge in [-0.2, -0.15) is 0 Å². The summed E-state index contributed by atoms with van der Waals surface area (Å²) >= 11 is 0. The van der Waals surface area contributed by atoms with E-state index in [1.54, 1.807) is 6.20 Å². The van der Waals surface area contributed by atoms with E-state index in [0.717, 1.165) is 58.5 Å². The van der Waals surface area contributed by atoms with Crippen molar-refractivity contribution in [3.05, 3.63) is 24.3 Å². The predicted molar refractivity (Wildman–Crippen MR) is 131 cm³/mol. The maximum absolute atomic E-state index is 13.0. The Morgan fingerprint density at radius 1 is 1.26 bits per heavy atom. The smallest absolute Gasteiger partial charge is 0.271 e. The first-order chi connectivity index (χ1) is 16.8. The molecule has 1 saturated heterocycles. The van der Waals surface area contributed by atoms with Crippen molar-refractivity contribution in [2.24, 2.45) is 29.1 Å². The van der Waals surface area contributed by atoms with Gasteiger partial charge in [0, 0.05) is 50.5 Å². The first-order valence-electron chi connectivity index (χ1n) is 13.1. The van der Waals surface area contributed by atoms with E-state index in [-0.39, 0.29) is 46.9 Å². The van der Waals surface area contributed by atoms with Crippen LogP contribution in [-0.4, -0.2) is 83.3 Å². The zero-order chi connectivity index (χ0) is 25.0. The Bertz CT molecular complexity index is 865. The summed E-state index contributed by atoms with van der Waals surface area (Å²) in [6.45, 7) is 11.1. The van der Waals surface area contributed by atoms with Crippen LogP contribution < -0.4 is 10.6 Å². The number of aromatic nitrogens is 2. The number of amides is 2. The summed E-state index contributed by atoms with van der Waals surface area (Å²) in [4.78, 5) is 36.1. The molecular formula is C26H41N5O4. The van der Waals surface area contributed by atoms with Crippen LogP contribution in [0.1, 0.15) is 56.9 Å². The van der Waals surface area contributed by atoms with Gasteiger partial charge in [0.1, 0.15) is 5.69 Å². The molecule has 0 aromatic carbocycles. The molecule has 0 bridgehead atoms. The molecule has 9 heteroatoms. The number of rotatable bonds is 7. The largest absolute Gasteiger partial charge is 0.392 e. The Hall–Kier alpha value is -2.10. The minimum Gasteiger partial charge on any atom is -0.392 e. The Morgan fingerprint density at radius 3 is 2.71 bits per heavy atom. The standard InChI is InChI=1S/C26H41N5O4/c1-17(24(33)29-10-11-31-12-14-35-15-13-31)19-4-6-26(3)7-5-20(18(2)22(26)23(19)32)30-25(34)21-16-27-8-9-28-21/h8-9,16-20,22-23,32H,4-7,10-15H2,1-3H3,(H,29,33)(H,30,34)/t17-,18-,19-,20-,22+,23-,26+/m0/s1. The van der Waals surface area contributed by atoms with Crippen LogP contribution in [-0.2, 0) is 9.53 Å². The molecule has 2 saturated carbocycles. The van der Waals surface area contributed by atoms with E-state index in [0.29, 0.717) is 12.2 Å². The lowest BCUT2D eigenvalue weighted by molar-refractivity contribution is -0.142. The Labute approximate surface area is 208 Å². The number of nitrogens with one attached hydrogen (secondary N) is 2. The molecule has 35 heavy (non-hydrogen) atoms. The highest BCUT2D eigenvalue weighted by Gasteiger charge is 2.53. The van der Waals surface area contributed by atoms with E-state index >= 15 is 0 Å². The monoisotopic (exact) mass is 487 g/mol. The summed E-state index contributed by atoms with van der Waals surface area (Å²) in [5, 5.41) is 17.8. The Balaban J connectivity index is 1.36. The molecule has 7 atom stereocenters. The first-order valence-corrected chi connectivity index (χ1v) is 13.1. The second-order valence-corrected chi connectivity index (χ2v) is 11.0. The van der Waals surface area contributed by atoms with Gasteiger partial charge in [0.05, 0.1) is 25.5 Å². The number of morpholine rings is 1. The minimum atomic E-state index is -0.583. The number of carbonyl (C=O) groups is 2. The summed E-state index contributed by atoms with van der Waals surface area (Å²) in [7, 11) is 0. The third-order valence-electron chi connectivity index (χ3n) is 8.89. The van der Waals surface area contributed by atoms with E-state index in [1.165, 1.54) is 12.4 Å². The second-order valence-electron chi connectivity index (χ2n) is 11.0. The van der Waals surface area contributed by atoms with Gasteiger partial charge < -0.3 is 20.5 Å². The van der Waals surface area contributed by atoms with Gasteiger partial charge in [-0.25, -0.2) is 4.98 Å². The topological polar surface area (TPSA) is 117 Å². The molecule has 3 N–H and O–H groups in total. The van der Waals surface area contributed by atoms with E-state index in [1.807, 2.05) is 6.92 Å². The third kappa shape index (κ3) is 5.84. The van der Waals surface area contributed by atoms with E-state index in [4.69, 9.17) is 4.74 Å². The minimum absolute atomic E-state index is 0.00957. The average molecular weight is 488 g/mol. The number of hydrogen-bond acceptors (Lipinski definition) is 7. The molecule has 0 unspecified atom stereocenters. The highest BCUT2D eigenvalue weighted by molar-refractivity contribution is 5.92. The SMILES string of the molecule is C[C@@H]1[C@@H]2[C@@H](O)[C@H]([C@H](C)C(=O)NCCN3CCOCC3)CC[C@]2(C)CC[C@@H]1NC(=O)c1cnccn1. The lowest BCUT2D eigenvalue weighted by atomic mass is 9.51. The Kier molecular flexibility index (Phi) is 8.39. The van der Waals surface area contributed by atoms with Crippen molar-refractivity contribution in [2.75, 3.05) is 39.4 Å². The lowest BCUT2D eigenvalue weighted by Crippen LogP contribution is -2.58. The molecule has 2 aliphatic carbocycles. The predicted octanol–water partition coefficient (Wildman–Crippen LogP) is 1.48. The van der Waals surface area contributed by atoms with Gasteiger partial charge in [0.2, 0.25) is 5.91 Å². The zero-order valence-electron chi connectivity index (χ0n) is 21.3. The van der Waals surface area contributed by atoms with Crippen LogP contribution in [0, 0.1) is 29.1 Å². The summed E-state index contributed by atoms with van der Waals surface area (Å²) in [6.07, 6.45) is 7.59. The van der Waals surface area contributed by atoms with Crippen LogP contribution in [0.5, 0.6) is 0 Å². The summed E-state index contributed by atoms with van der Waals surface area (Å²) in [5.74, 6) is -0.459. The maximum atomic E-state index is 13.0. The van der Waals surface area contributed by atoms with Crippen molar-refractivity contribution in [1.82, 2.24) is 25.5 Å². The van der Waals surface area contributed by atoms with E-state index in [9.17, 15) is 14.7 Å². The molecule has 194 valence electrons. The van der Waals surface area contributed by atoms with Gasteiger partial charge in [-0.05, 0) is 48.9 Å². The maximum Gasteiger partial charge on any atom is 0.271 e. The van der Waals surface area contributed by atoms with Crippen LogP contribution in [0.2, 0.25) is 0 Å². The number of hydrogen-bond donors (Lipinski definition) is 3. The van der Waals surface area contributed by atoms with Crippen LogP contribution in [0.4, 0.5) is 0 Å². The zero-order valence-corrected chi connectivity index (χ0v) is 21.3. The number of aliphatic hydroxyl groups is 1. The summed E-state index contributed by atoms with van der Waals surface area (Å²) in [6, 6.07) is -0.0476. The number of fused-ring (bicyclic) bond motifs is 1. The van der Waals surface area contributed by atoms with Crippen molar-refractivity contribution in [3.63, 3.8) is 0 Å². The fourth-order valence-corrected chi connectivity index (χ4v) is 6.67. The molecule has 2 amide bonds. The molecule has 4 rings (SSSR count). The first kappa shape index (κ1) is 26.0. The molecule has 3 aliphatic rings. The fourth-order valence-electron chi connectivity index (χ4n) is 6.67. The van der Waals surface area contributed by atoms with Gasteiger partial charge >= 0.3 is 0 Å². The highest BCUT2D eigenvalue weighted by Crippen LogP contribution is 2.55. The third-order valence-corrected chi connectivity index (χ3v) is 8.89. The Morgan fingerprint density at radius 2 is 2.00 bits per heavy atom. The van der Waals surface area contributed by atoms with Gasteiger partial charge in [-0.15, -0.1) is 0 Å². The number of nitrogens with zero attached hydrogens (tertiary/aromatic N) is 3. The number of aliphatic hydroxyl groups excluding tert-OH is 1. The molecule has 1 aromatic rings. The van der Waals surface area contributed by atoms with Gasteiger partial charge in [-0.1, -0.05) is 20.8 Å². The number of carbonyl (C=O) groups excluding carboxylic acids is 2. The average Bonchev–Trinajstić information content (AvgIpc) is 2.86. The van der Waals surface area contributed by atoms with Gasteiger partial charge in [-0.3, -0.25) is 19.5 Å². The molecule has 1 aliphatic heterocycles. The second kappa shape index (κ2) is 11.3. The van der Waals surface area contributed by atoms with Crippen molar-refractivity contribution in [1.29, 1.82) is 0 Å². The molecule has 9 nitrogen and oxygen atoms in total. The highest BCUT2D eigenvalue weighted by atomic mass is 16.5. The van der Waals surface area contributed by atoms with Gasteiger partial charge in [0.15, 0.2) is 0 Å². The molecule has 2 heterocycles. The fraction of sp³-hybridized carbons (Fsp3) is 0.769. The van der Waals surface area contributed by atoms with Crippen LogP contribution in [0.3, 0.4) is 0 Å². The van der Waals surface area contributed by atoms with Crippen LogP contribution >= 0.6 is 0 Å². The van der Waals surface area contributed by atoms with Crippen LogP contribution in [0.15, 0.2) is 18.6 Å². The molecule has 1 aromatic heterocycles. The van der Waals surface area contributed by atoms with E-state index in [2.05, 4.69) is 39.3 Å². The normalized spacial score (nSPS) is 34.5. The van der Waals surface area contributed by atoms with Crippen molar-refractivity contribution < 1.29 is 19.4 Å². The van der Waals surface area contributed by atoms with Crippen molar-refractivity contribution in [2.45, 2.75) is 58.6 Å².